The molecule has 1 spiro atoms. The van der Waals surface area contributed by atoms with Crippen molar-refractivity contribution in [3.63, 3.8) is 0 Å². The SMILES string of the molecule is Cc1ccc(S(=O)(=O)/N=C/[C@]23C[C@@H]4CCC[C@@]4(O2)c2ccccc23)cc1. The van der Waals surface area contributed by atoms with Gasteiger partial charge in [0.25, 0.3) is 10.0 Å². The molecule has 5 rings (SSSR count). The zero-order valence-corrected chi connectivity index (χ0v) is 15.5. The zero-order chi connectivity index (χ0) is 18.0. The van der Waals surface area contributed by atoms with E-state index in [0.29, 0.717) is 5.92 Å². The summed E-state index contributed by atoms with van der Waals surface area (Å²) in [6.45, 7) is 1.93. The van der Waals surface area contributed by atoms with Crippen LogP contribution in [0.15, 0.2) is 57.8 Å². The highest BCUT2D eigenvalue weighted by Crippen LogP contribution is 2.66. The van der Waals surface area contributed by atoms with Crippen LogP contribution < -0.4 is 0 Å². The van der Waals surface area contributed by atoms with Gasteiger partial charge >= 0.3 is 0 Å². The normalized spacial score (nSPS) is 32.1. The average Bonchev–Trinajstić information content (AvgIpc) is 3.26. The number of ether oxygens (including phenoxy) is 1. The first-order valence-corrected chi connectivity index (χ1v) is 10.6. The Kier molecular flexibility index (Phi) is 3.29. The molecule has 0 radical (unpaired) electrons. The molecule has 5 heteroatoms. The molecule has 134 valence electrons. The molecule has 2 heterocycles. The van der Waals surface area contributed by atoms with Crippen LogP contribution in [0, 0.1) is 12.8 Å². The summed E-state index contributed by atoms with van der Waals surface area (Å²) in [7, 11) is -3.73. The van der Waals surface area contributed by atoms with Crippen molar-refractivity contribution in [3.05, 3.63) is 65.2 Å². The van der Waals surface area contributed by atoms with Crippen molar-refractivity contribution in [2.75, 3.05) is 0 Å². The van der Waals surface area contributed by atoms with Gasteiger partial charge in [0.1, 0.15) is 5.60 Å². The molecule has 2 fully saturated rings. The van der Waals surface area contributed by atoms with E-state index in [4.69, 9.17) is 4.74 Å². The Labute approximate surface area is 154 Å². The molecule has 1 aliphatic carbocycles. The Bertz CT molecular complexity index is 1010. The van der Waals surface area contributed by atoms with E-state index in [2.05, 4.69) is 16.5 Å². The maximum absolute atomic E-state index is 12.7. The predicted molar refractivity (Wildman–Crippen MR) is 99.7 cm³/mol. The fourth-order valence-corrected chi connectivity index (χ4v) is 5.96. The predicted octanol–water partition coefficient (Wildman–Crippen LogP) is 4.08. The highest BCUT2D eigenvalue weighted by atomic mass is 32.2. The molecule has 0 amide bonds. The minimum atomic E-state index is -3.73. The lowest BCUT2D eigenvalue weighted by molar-refractivity contribution is -0.0552. The van der Waals surface area contributed by atoms with Crippen LogP contribution in [0.4, 0.5) is 0 Å². The number of aryl methyl sites for hydroxylation is 1. The van der Waals surface area contributed by atoms with E-state index in [9.17, 15) is 8.42 Å². The third kappa shape index (κ3) is 2.10. The van der Waals surface area contributed by atoms with Gasteiger partial charge in [0.05, 0.1) is 16.7 Å². The monoisotopic (exact) mass is 367 g/mol. The Morgan fingerprint density at radius 2 is 1.85 bits per heavy atom. The van der Waals surface area contributed by atoms with Gasteiger partial charge in [0.15, 0.2) is 0 Å². The smallest absolute Gasteiger partial charge is 0.282 e. The van der Waals surface area contributed by atoms with Gasteiger partial charge in [-0.05, 0) is 61.8 Å². The average molecular weight is 367 g/mol. The molecule has 2 aromatic rings. The van der Waals surface area contributed by atoms with Gasteiger partial charge in [0.2, 0.25) is 0 Å². The molecule has 2 bridgehead atoms. The zero-order valence-electron chi connectivity index (χ0n) is 14.7. The van der Waals surface area contributed by atoms with Crippen LogP contribution in [-0.2, 0) is 26.0 Å². The van der Waals surface area contributed by atoms with Gasteiger partial charge in [-0.3, -0.25) is 0 Å². The maximum atomic E-state index is 12.7. The summed E-state index contributed by atoms with van der Waals surface area (Å²) >= 11 is 0. The second-order valence-corrected chi connectivity index (χ2v) is 9.37. The van der Waals surface area contributed by atoms with E-state index in [-0.39, 0.29) is 10.5 Å². The lowest BCUT2D eigenvalue weighted by atomic mass is 9.72. The standard InChI is InChI=1S/C21H21NO3S/c1-15-8-10-17(11-9-15)26(23,24)22-14-20-13-16-5-4-12-21(16,25-20)19-7-3-2-6-18(19)20/h2-3,6-11,14,16H,4-5,12-13H2,1H3/b22-14+/t16-,20-,21-/m0/s1. The van der Waals surface area contributed by atoms with Crippen molar-refractivity contribution in [2.24, 2.45) is 10.3 Å². The number of hydrogen-bond donors (Lipinski definition) is 0. The number of fused-ring (bicyclic) bond motifs is 3. The van der Waals surface area contributed by atoms with Crippen molar-refractivity contribution in [1.29, 1.82) is 0 Å². The van der Waals surface area contributed by atoms with Crippen molar-refractivity contribution >= 4 is 16.2 Å². The molecule has 0 unspecified atom stereocenters. The minimum Gasteiger partial charge on any atom is -0.353 e. The third-order valence-electron chi connectivity index (χ3n) is 6.23. The molecule has 2 aliphatic heterocycles. The molecule has 1 saturated carbocycles. The lowest BCUT2D eigenvalue weighted by Crippen LogP contribution is -2.28. The van der Waals surface area contributed by atoms with Gasteiger partial charge in [-0.15, -0.1) is 0 Å². The van der Waals surface area contributed by atoms with Crippen LogP contribution in [-0.4, -0.2) is 14.6 Å². The fraction of sp³-hybridized carbons (Fsp3) is 0.381. The van der Waals surface area contributed by atoms with Crippen molar-refractivity contribution in [1.82, 2.24) is 0 Å². The van der Waals surface area contributed by atoms with Crippen LogP contribution in [0.2, 0.25) is 0 Å². The Morgan fingerprint density at radius 1 is 1.12 bits per heavy atom. The first kappa shape index (κ1) is 16.2. The number of nitrogens with zero attached hydrogens (tertiary/aromatic N) is 1. The first-order chi connectivity index (χ1) is 12.5. The minimum absolute atomic E-state index is 0.218. The van der Waals surface area contributed by atoms with Crippen molar-refractivity contribution < 1.29 is 13.2 Å². The van der Waals surface area contributed by atoms with E-state index in [1.807, 2.05) is 19.1 Å². The maximum Gasteiger partial charge on any atom is 0.282 e. The number of hydrogen-bond acceptors (Lipinski definition) is 3. The van der Waals surface area contributed by atoms with Crippen LogP contribution >= 0.6 is 0 Å². The summed E-state index contributed by atoms with van der Waals surface area (Å²) in [6.07, 6.45) is 5.67. The van der Waals surface area contributed by atoms with E-state index in [1.54, 1.807) is 30.5 Å². The Hall–Kier alpha value is -1.98. The first-order valence-electron chi connectivity index (χ1n) is 9.14. The molecule has 0 N–H and O–H groups in total. The fourth-order valence-electron chi connectivity index (χ4n) is 5.05. The number of benzene rings is 2. The molecule has 3 aliphatic rings. The van der Waals surface area contributed by atoms with E-state index < -0.39 is 15.6 Å². The molecular formula is C21H21NO3S. The highest BCUT2D eigenvalue weighted by Gasteiger charge is 2.65. The molecule has 1 saturated heterocycles. The topological polar surface area (TPSA) is 55.7 Å². The molecule has 0 aromatic heterocycles. The summed E-state index contributed by atoms with van der Waals surface area (Å²) in [4.78, 5) is 0.218. The lowest BCUT2D eigenvalue weighted by Gasteiger charge is -2.28. The second-order valence-electron chi connectivity index (χ2n) is 7.74. The van der Waals surface area contributed by atoms with Gasteiger partial charge in [-0.25, -0.2) is 0 Å². The molecule has 3 atom stereocenters. The number of rotatable bonds is 3. The molecule has 26 heavy (non-hydrogen) atoms. The van der Waals surface area contributed by atoms with Gasteiger partial charge in [-0.2, -0.15) is 12.8 Å². The molecular weight excluding hydrogens is 346 g/mol. The molecule has 4 nitrogen and oxygen atoms in total. The van der Waals surface area contributed by atoms with Crippen LogP contribution in [0.1, 0.15) is 42.4 Å². The second kappa shape index (κ2) is 5.27. The van der Waals surface area contributed by atoms with E-state index in [1.165, 1.54) is 5.56 Å². The Balaban J connectivity index is 1.57. The van der Waals surface area contributed by atoms with Gasteiger partial charge in [-0.1, -0.05) is 42.0 Å². The third-order valence-corrected chi connectivity index (χ3v) is 7.48. The highest BCUT2D eigenvalue weighted by molar-refractivity contribution is 7.90. The van der Waals surface area contributed by atoms with Crippen molar-refractivity contribution in [3.8, 4) is 0 Å². The van der Waals surface area contributed by atoms with Crippen LogP contribution in [0.5, 0.6) is 0 Å². The number of sulfonamides is 1. The van der Waals surface area contributed by atoms with Gasteiger partial charge in [0, 0.05) is 0 Å². The summed E-state index contributed by atoms with van der Waals surface area (Å²) in [5.74, 6) is 0.450. The van der Waals surface area contributed by atoms with Crippen LogP contribution in [0.3, 0.4) is 0 Å². The summed E-state index contributed by atoms with van der Waals surface area (Å²) < 4.78 is 36.0. The summed E-state index contributed by atoms with van der Waals surface area (Å²) in [6, 6.07) is 15.0. The van der Waals surface area contributed by atoms with E-state index in [0.717, 1.165) is 36.8 Å². The Morgan fingerprint density at radius 3 is 2.62 bits per heavy atom. The van der Waals surface area contributed by atoms with Crippen molar-refractivity contribution in [2.45, 2.75) is 48.7 Å². The van der Waals surface area contributed by atoms with Crippen LogP contribution in [0.25, 0.3) is 0 Å². The largest absolute Gasteiger partial charge is 0.353 e. The quantitative estimate of drug-likeness (QED) is 0.768. The van der Waals surface area contributed by atoms with Gasteiger partial charge < -0.3 is 4.74 Å². The summed E-state index contributed by atoms with van der Waals surface area (Å²) in [5, 5.41) is 0. The summed E-state index contributed by atoms with van der Waals surface area (Å²) in [5.41, 5.74) is 2.38. The van der Waals surface area contributed by atoms with E-state index >= 15 is 0 Å². The molecule has 2 aromatic carbocycles.